The molecule has 0 heterocycles. The molecule has 2 aliphatic rings. The van der Waals surface area contributed by atoms with Crippen LogP contribution in [0.5, 0.6) is 0 Å². The van der Waals surface area contributed by atoms with Gasteiger partial charge in [0.2, 0.25) is 9.04 Å². The van der Waals surface area contributed by atoms with Crippen LogP contribution in [0.15, 0.2) is 46.8 Å². The fraction of sp³-hybridized carbons (Fsp3) is 0.273. The Labute approximate surface area is 99.1 Å². The van der Waals surface area contributed by atoms with E-state index in [1.54, 1.807) is 0 Å². The van der Waals surface area contributed by atoms with Crippen molar-refractivity contribution >= 4 is 27.9 Å². The summed E-state index contributed by atoms with van der Waals surface area (Å²) >= 11 is 0. The second kappa shape index (κ2) is 5.58. The van der Waals surface area contributed by atoms with Gasteiger partial charge < -0.3 is 4.43 Å². The van der Waals surface area contributed by atoms with Crippen LogP contribution in [0.3, 0.4) is 0 Å². The molecular formula is C11H15LiOSi. The van der Waals surface area contributed by atoms with Crippen molar-refractivity contribution in [3.63, 3.8) is 0 Å². The first kappa shape index (κ1) is 11.8. The fourth-order valence-corrected chi connectivity index (χ4v) is 4.21. The molecular weight excluding hydrogens is 183 g/mol. The quantitative estimate of drug-likeness (QED) is 0.625. The van der Waals surface area contributed by atoms with Gasteiger partial charge >= 0.3 is 18.9 Å². The van der Waals surface area contributed by atoms with Gasteiger partial charge in [-0.15, -0.1) is 0 Å². The van der Waals surface area contributed by atoms with Gasteiger partial charge in [-0.1, -0.05) is 36.5 Å². The topological polar surface area (TPSA) is 9.23 Å². The average Bonchev–Trinajstić information content (AvgIpc) is 2.76. The molecule has 3 heteroatoms. The van der Waals surface area contributed by atoms with Gasteiger partial charge in [0.1, 0.15) is 0 Å². The molecule has 0 fully saturated rings. The molecule has 0 radical (unpaired) electrons. The third-order valence-electron chi connectivity index (χ3n) is 2.51. The monoisotopic (exact) mass is 198 g/mol. The molecule has 0 atom stereocenters. The fourth-order valence-electron chi connectivity index (χ4n) is 1.86. The molecule has 0 saturated heterocycles. The van der Waals surface area contributed by atoms with Gasteiger partial charge in [0.25, 0.3) is 0 Å². The number of allylic oxidation sites excluding steroid dienone is 8. The Balaban J connectivity index is 0.000000980. The van der Waals surface area contributed by atoms with Gasteiger partial charge in [-0.05, 0) is 23.2 Å². The first-order chi connectivity index (χ1) is 6.42. The van der Waals surface area contributed by atoms with E-state index in [1.165, 1.54) is 10.4 Å². The van der Waals surface area contributed by atoms with Gasteiger partial charge in [-0.2, -0.15) is 0 Å². The predicted octanol–water partition coefficient (Wildman–Crippen LogP) is 1.56. The van der Waals surface area contributed by atoms with Crippen LogP contribution in [0, 0.1) is 0 Å². The van der Waals surface area contributed by atoms with Crippen molar-refractivity contribution in [1.29, 1.82) is 0 Å². The molecule has 1 nitrogen and oxygen atoms in total. The number of rotatable bonds is 3. The average molecular weight is 198 g/mol. The Morgan fingerprint density at radius 2 is 1.57 bits per heavy atom. The summed E-state index contributed by atoms with van der Waals surface area (Å²) < 4.78 is 5.64. The van der Waals surface area contributed by atoms with Gasteiger partial charge in [-0.25, -0.2) is 0 Å². The van der Waals surface area contributed by atoms with E-state index in [-0.39, 0.29) is 18.9 Å². The van der Waals surface area contributed by atoms with Crippen molar-refractivity contribution in [3.05, 3.63) is 46.8 Å². The standard InChI is InChI=1S/C11H14OSi.Li.H/c1-12-13(10-6-2-3-7-10)11-8-4-5-9-11;;/h2-6,8,13H,7,9H2,1H3;;. The predicted molar refractivity (Wildman–Crippen MR) is 65.0 cm³/mol. The first-order valence-electron chi connectivity index (χ1n) is 4.66. The molecule has 2 aliphatic carbocycles. The molecule has 70 valence electrons. The summed E-state index contributed by atoms with van der Waals surface area (Å²) in [5.41, 5.74) is 0. The van der Waals surface area contributed by atoms with Crippen molar-refractivity contribution in [3.8, 4) is 0 Å². The van der Waals surface area contributed by atoms with Gasteiger partial charge in [0.05, 0.1) is 0 Å². The zero-order chi connectivity index (χ0) is 9.10. The van der Waals surface area contributed by atoms with Crippen molar-refractivity contribution < 1.29 is 4.43 Å². The van der Waals surface area contributed by atoms with Crippen LogP contribution in [0.2, 0.25) is 0 Å². The van der Waals surface area contributed by atoms with Crippen molar-refractivity contribution in [1.82, 2.24) is 0 Å². The molecule has 0 amide bonds. The van der Waals surface area contributed by atoms with Crippen molar-refractivity contribution in [2.75, 3.05) is 7.11 Å². The van der Waals surface area contributed by atoms with Crippen molar-refractivity contribution in [2.24, 2.45) is 0 Å². The van der Waals surface area contributed by atoms with Gasteiger partial charge in [0.15, 0.2) is 0 Å². The molecule has 0 aliphatic heterocycles. The van der Waals surface area contributed by atoms with Crippen LogP contribution >= 0.6 is 0 Å². The molecule has 0 aromatic carbocycles. The Morgan fingerprint density at radius 1 is 1.07 bits per heavy atom. The third-order valence-corrected chi connectivity index (χ3v) is 5.18. The van der Waals surface area contributed by atoms with E-state index in [1.807, 2.05) is 7.11 Å². The Kier molecular flexibility index (Phi) is 4.70. The van der Waals surface area contributed by atoms with Crippen LogP contribution in [0.25, 0.3) is 0 Å². The number of hydrogen-bond donors (Lipinski definition) is 0. The van der Waals surface area contributed by atoms with Crippen molar-refractivity contribution in [2.45, 2.75) is 12.8 Å². The minimum atomic E-state index is -1.22. The third kappa shape index (κ3) is 2.40. The molecule has 0 spiro atoms. The summed E-state index contributed by atoms with van der Waals surface area (Å²) in [6.07, 6.45) is 15.3. The van der Waals surface area contributed by atoms with E-state index in [4.69, 9.17) is 4.43 Å². The summed E-state index contributed by atoms with van der Waals surface area (Å²) in [6.45, 7) is 0. The number of hydrogen-bond acceptors (Lipinski definition) is 1. The maximum atomic E-state index is 5.64. The molecule has 14 heavy (non-hydrogen) atoms. The SMILES string of the molecule is CO[SiH](C1=CC=CC1)C1=CC=CC1.[LiH]. The van der Waals surface area contributed by atoms with E-state index < -0.39 is 9.04 Å². The second-order valence-electron chi connectivity index (χ2n) is 3.36. The normalized spacial score (nSPS) is 18.4. The van der Waals surface area contributed by atoms with Gasteiger partial charge in [-0.3, -0.25) is 0 Å². The summed E-state index contributed by atoms with van der Waals surface area (Å²) in [5, 5.41) is 3.02. The minimum absolute atomic E-state index is 0. The molecule has 0 saturated carbocycles. The van der Waals surface area contributed by atoms with Crippen LogP contribution in [0.1, 0.15) is 12.8 Å². The summed E-state index contributed by atoms with van der Waals surface area (Å²) in [6, 6.07) is 0. The van der Waals surface area contributed by atoms with E-state index in [0.717, 1.165) is 12.8 Å². The zero-order valence-electron chi connectivity index (χ0n) is 7.86. The van der Waals surface area contributed by atoms with Crippen LogP contribution in [0.4, 0.5) is 0 Å². The first-order valence-corrected chi connectivity index (χ1v) is 6.28. The molecule has 2 rings (SSSR count). The molecule has 0 aromatic rings. The van der Waals surface area contributed by atoms with E-state index in [2.05, 4.69) is 36.5 Å². The molecule has 0 unspecified atom stereocenters. The molecule has 0 N–H and O–H groups in total. The molecule has 0 aromatic heterocycles. The Morgan fingerprint density at radius 3 is 1.86 bits per heavy atom. The Bertz CT molecular complexity index is 285. The van der Waals surface area contributed by atoms with Crippen LogP contribution in [-0.2, 0) is 4.43 Å². The molecule has 0 bridgehead atoms. The van der Waals surface area contributed by atoms with Crippen LogP contribution < -0.4 is 0 Å². The summed E-state index contributed by atoms with van der Waals surface area (Å²) in [7, 11) is 0.622. The van der Waals surface area contributed by atoms with E-state index in [0.29, 0.717) is 0 Å². The second-order valence-corrected chi connectivity index (χ2v) is 6.08. The van der Waals surface area contributed by atoms with E-state index >= 15 is 0 Å². The van der Waals surface area contributed by atoms with E-state index in [9.17, 15) is 0 Å². The van der Waals surface area contributed by atoms with Crippen LogP contribution in [-0.4, -0.2) is 35.0 Å². The summed E-state index contributed by atoms with van der Waals surface area (Å²) in [4.78, 5) is 0. The summed E-state index contributed by atoms with van der Waals surface area (Å²) in [5.74, 6) is 0. The Hall–Kier alpha value is -0.266. The zero-order valence-corrected chi connectivity index (χ0v) is 9.02. The van der Waals surface area contributed by atoms with Gasteiger partial charge in [0, 0.05) is 7.11 Å². The maximum absolute atomic E-state index is 5.64.